The first-order valence-corrected chi connectivity index (χ1v) is 8.57. The molecule has 1 unspecified atom stereocenters. The second-order valence-electron chi connectivity index (χ2n) is 6.25. The summed E-state index contributed by atoms with van der Waals surface area (Å²) in [7, 11) is 0. The zero-order valence-electron chi connectivity index (χ0n) is 14.4. The van der Waals surface area contributed by atoms with Crippen molar-refractivity contribution < 1.29 is 4.74 Å². The fraction of sp³-hybridized carbons (Fsp3) is 0.350. The Morgan fingerprint density at radius 2 is 1.71 bits per heavy atom. The number of nitrogens with zero attached hydrogens (tertiary/aromatic N) is 2. The molecule has 1 aliphatic rings. The minimum Gasteiger partial charge on any atom is -0.491 e. The summed E-state index contributed by atoms with van der Waals surface area (Å²) in [4.78, 5) is 4.44. The van der Waals surface area contributed by atoms with Crippen molar-refractivity contribution in [1.82, 2.24) is 5.01 Å². The number of benzene rings is 2. The number of hydrogen-bond donors (Lipinski definition) is 1. The topological polar surface area (TPSA) is 50.8 Å². The Labute approximate surface area is 143 Å². The number of hydrogen-bond acceptors (Lipinski definition) is 4. The van der Waals surface area contributed by atoms with Crippen LogP contribution in [0.25, 0.3) is 0 Å². The molecule has 0 fully saturated rings. The van der Waals surface area contributed by atoms with E-state index < -0.39 is 0 Å². The normalized spacial score (nSPS) is 15.3. The molecule has 2 aromatic rings. The SMILES string of the molecule is CCC(C)Oc1ccc(Cc2ccc(C3=NCCN3N)cc2)cc1. The molecular weight excluding hydrogens is 298 g/mol. The molecule has 0 aromatic heterocycles. The minimum absolute atomic E-state index is 0.254. The molecule has 0 saturated heterocycles. The van der Waals surface area contributed by atoms with E-state index in [1.165, 1.54) is 11.1 Å². The van der Waals surface area contributed by atoms with Crippen molar-refractivity contribution in [3.8, 4) is 5.75 Å². The molecule has 24 heavy (non-hydrogen) atoms. The van der Waals surface area contributed by atoms with Gasteiger partial charge >= 0.3 is 0 Å². The van der Waals surface area contributed by atoms with Crippen molar-refractivity contribution in [2.75, 3.05) is 13.1 Å². The number of nitrogens with two attached hydrogens (primary N) is 1. The Kier molecular flexibility index (Phi) is 5.16. The summed E-state index contributed by atoms with van der Waals surface area (Å²) in [6, 6.07) is 16.9. The number of hydrazine groups is 1. The van der Waals surface area contributed by atoms with Crippen LogP contribution in [0, 0.1) is 0 Å². The van der Waals surface area contributed by atoms with Crippen molar-refractivity contribution in [3.05, 3.63) is 65.2 Å². The molecule has 2 N–H and O–H groups in total. The summed E-state index contributed by atoms with van der Waals surface area (Å²) in [5.41, 5.74) is 3.63. The van der Waals surface area contributed by atoms with Crippen molar-refractivity contribution in [3.63, 3.8) is 0 Å². The lowest BCUT2D eigenvalue weighted by atomic mass is 10.0. The predicted octanol–water partition coefficient (Wildman–Crippen LogP) is 3.39. The van der Waals surface area contributed by atoms with E-state index in [9.17, 15) is 0 Å². The van der Waals surface area contributed by atoms with Crippen molar-refractivity contribution in [2.45, 2.75) is 32.8 Å². The quantitative estimate of drug-likeness (QED) is 0.829. The summed E-state index contributed by atoms with van der Waals surface area (Å²) >= 11 is 0. The maximum absolute atomic E-state index is 5.92. The van der Waals surface area contributed by atoms with Crippen molar-refractivity contribution in [1.29, 1.82) is 0 Å². The Hall–Kier alpha value is -2.33. The van der Waals surface area contributed by atoms with Crippen LogP contribution >= 0.6 is 0 Å². The van der Waals surface area contributed by atoms with Crippen LogP contribution in [0.3, 0.4) is 0 Å². The lowest BCUT2D eigenvalue weighted by molar-refractivity contribution is 0.217. The first kappa shape index (κ1) is 16.5. The molecule has 4 heteroatoms. The monoisotopic (exact) mass is 323 g/mol. The van der Waals surface area contributed by atoms with Gasteiger partial charge in [-0.05, 0) is 43.0 Å². The molecule has 4 nitrogen and oxygen atoms in total. The van der Waals surface area contributed by atoms with Crippen LogP contribution in [0.2, 0.25) is 0 Å². The van der Waals surface area contributed by atoms with E-state index in [0.717, 1.165) is 43.1 Å². The highest BCUT2D eigenvalue weighted by Gasteiger charge is 2.14. The highest BCUT2D eigenvalue weighted by atomic mass is 16.5. The second-order valence-corrected chi connectivity index (χ2v) is 6.25. The first-order valence-electron chi connectivity index (χ1n) is 8.57. The van der Waals surface area contributed by atoms with Crippen LogP contribution in [0.5, 0.6) is 5.75 Å². The smallest absolute Gasteiger partial charge is 0.145 e. The third-order valence-electron chi connectivity index (χ3n) is 4.33. The van der Waals surface area contributed by atoms with Gasteiger partial charge in [-0.3, -0.25) is 10.0 Å². The minimum atomic E-state index is 0.254. The fourth-order valence-corrected chi connectivity index (χ4v) is 2.73. The molecule has 126 valence electrons. The van der Waals surface area contributed by atoms with Gasteiger partial charge in [-0.2, -0.15) is 0 Å². The molecule has 2 aromatic carbocycles. The van der Waals surface area contributed by atoms with Gasteiger partial charge in [0.15, 0.2) is 0 Å². The van der Waals surface area contributed by atoms with Gasteiger partial charge in [0.2, 0.25) is 0 Å². The number of rotatable bonds is 6. The lowest BCUT2D eigenvalue weighted by Gasteiger charge is -2.14. The maximum atomic E-state index is 5.92. The van der Waals surface area contributed by atoms with E-state index in [1.807, 2.05) is 0 Å². The molecule has 0 spiro atoms. The van der Waals surface area contributed by atoms with Gasteiger partial charge < -0.3 is 4.74 Å². The predicted molar refractivity (Wildman–Crippen MR) is 98.4 cm³/mol. The average Bonchev–Trinajstić information content (AvgIpc) is 3.03. The van der Waals surface area contributed by atoms with Crippen molar-refractivity contribution in [2.24, 2.45) is 10.8 Å². The van der Waals surface area contributed by atoms with Gasteiger partial charge in [0, 0.05) is 5.56 Å². The highest BCUT2D eigenvalue weighted by molar-refractivity contribution is 5.99. The molecule has 0 saturated carbocycles. The standard InChI is InChI=1S/C20H25N3O/c1-3-15(2)24-19-10-6-17(7-11-19)14-16-4-8-18(9-5-16)20-22-12-13-23(20)21/h4-11,15H,3,12-14,21H2,1-2H3. The highest BCUT2D eigenvalue weighted by Crippen LogP contribution is 2.18. The van der Waals surface area contributed by atoms with Crippen LogP contribution in [0.1, 0.15) is 37.0 Å². The third-order valence-corrected chi connectivity index (χ3v) is 4.33. The molecular formula is C20H25N3O. The van der Waals surface area contributed by atoms with E-state index in [-0.39, 0.29) is 6.10 Å². The zero-order chi connectivity index (χ0) is 16.9. The van der Waals surface area contributed by atoms with E-state index in [4.69, 9.17) is 10.6 Å². The van der Waals surface area contributed by atoms with E-state index >= 15 is 0 Å². The molecule has 0 amide bonds. The third kappa shape index (κ3) is 3.95. The molecule has 0 aliphatic carbocycles. The fourth-order valence-electron chi connectivity index (χ4n) is 2.73. The first-order chi connectivity index (χ1) is 11.7. The molecule has 1 heterocycles. The number of aliphatic imine (C=N–C) groups is 1. The van der Waals surface area contributed by atoms with Gasteiger partial charge in [0.05, 0.1) is 19.2 Å². The Balaban J connectivity index is 1.63. The van der Waals surface area contributed by atoms with E-state index in [2.05, 4.69) is 67.4 Å². The Bertz CT molecular complexity index is 692. The van der Waals surface area contributed by atoms with Crippen LogP contribution in [0.4, 0.5) is 0 Å². The van der Waals surface area contributed by atoms with Crippen LogP contribution in [-0.2, 0) is 6.42 Å². The second kappa shape index (κ2) is 7.49. The zero-order valence-corrected chi connectivity index (χ0v) is 14.4. The van der Waals surface area contributed by atoms with Crippen LogP contribution in [0.15, 0.2) is 53.5 Å². The van der Waals surface area contributed by atoms with Crippen LogP contribution in [-0.4, -0.2) is 30.0 Å². The molecule has 0 bridgehead atoms. The lowest BCUT2D eigenvalue weighted by Crippen LogP contribution is -2.34. The van der Waals surface area contributed by atoms with Gasteiger partial charge in [-0.25, -0.2) is 5.84 Å². The summed E-state index contributed by atoms with van der Waals surface area (Å²) in [5.74, 6) is 7.74. The maximum Gasteiger partial charge on any atom is 0.145 e. The summed E-state index contributed by atoms with van der Waals surface area (Å²) in [6.45, 7) is 5.79. The van der Waals surface area contributed by atoms with Crippen LogP contribution < -0.4 is 10.6 Å². The summed E-state index contributed by atoms with van der Waals surface area (Å²) in [5, 5.41) is 1.71. The molecule has 3 rings (SSSR count). The molecule has 0 radical (unpaired) electrons. The molecule has 1 atom stereocenters. The summed E-state index contributed by atoms with van der Waals surface area (Å²) < 4.78 is 5.82. The largest absolute Gasteiger partial charge is 0.491 e. The average molecular weight is 323 g/mol. The van der Waals surface area contributed by atoms with Gasteiger partial charge in [-0.15, -0.1) is 0 Å². The summed E-state index contributed by atoms with van der Waals surface area (Å²) in [6.07, 6.45) is 2.17. The number of ether oxygens (including phenoxy) is 1. The Morgan fingerprint density at radius 1 is 1.08 bits per heavy atom. The van der Waals surface area contributed by atoms with Gasteiger partial charge in [0.1, 0.15) is 11.6 Å². The molecule has 1 aliphatic heterocycles. The van der Waals surface area contributed by atoms with E-state index in [1.54, 1.807) is 5.01 Å². The van der Waals surface area contributed by atoms with Gasteiger partial charge in [-0.1, -0.05) is 43.3 Å². The van der Waals surface area contributed by atoms with E-state index in [0.29, 0.717) is 0 Å². The number of amidine groups is 1. The van der Waals surface area contributed by atoms with Crippen molar-refractivity contribution >= 4 is 5.84 Å². The Morgan fingerprint density at radius 3 is 2.25 bits per heavy atom. The van der Waals surface area contributed by atoms with Gasteiger partial charge in [0.25, 0.3) is 0 Å².